The monoisotopic (exact) mass is 436 g/mol. The first-order chi connectivity index (χ1) is 14.6. The molecule has 0 aromatic heterocycles. The van der Waals surface area contributed by atoms with Crippen LogP contribution in [-0.4, -0.2) is 81.2 Å². The molecule has 31 heavy (non-hydrogen) atoms. The van der Waals surface area contributed by atoms with Gasteiger partial charge in [0, 0.05) is 13.0 Å². The second-order valence-corrected chi connectivity index (χ2v) is 7.50. The number of aliphatic carboxylic acids is 1. The van der Waals surface area contributed by atoms with Gasteiger partial charge in [-0.25, -0.2) is 0 Å². The molecule has 11 heteroatoms. The molecule has 1 aliphatic rings. The Bertz CT molecular complexity index is 812. The number of phenols is 1. The van der Waals surface area contributed by atoms with Crippen LogP contribution in [-0.2, 0) is 25.6 Å². The second kappa shape index (κ2) is 10.7. The summed E-state index contributed by atoms with van der Waals surface area (Å²) in [6.45, 7) is 1.06. The van der Waals surface area contributed by atoms with Gasteiger partial charge in [0.2, 0.25) is 17.7 Å². The third-order valence-corrected chi connectivity index (χ3v) is 5.07. The zero-order valence-electron chi connectivity index (χ0n) is 17.2. The molecule has 4 unspecified atom stereocenters. The van der Waals surface area contributed by atoms with Crippen LogP contribution in [0.1, 0.15) is 25.3 Å². The number of likely N-dealkylation sites (tertiary alicyclic amines) is 1. The van der Waals surface area contributed by atoms with Crippen LogP contribution in [0.15, 0.2) is 24.3 Å². The quantitative estimate of drug-likeness (QED) is 0.265. The van der Waals surface area contributed by atoms with Crippen LogP contribution in [0.4, 0.5) is 0 Å². The largest absolute Gasteiger partial charge is 0.508 e. The van der Waals surface area contributed by atoms with Gasteiger partial charge >= 0.3 is 5.97 Å². The number of aromatic hydroxyl groups is 1. The summed E-state index contributed by atoms with van der Waals surface area (Å²) < 4.78 is 0. The molecule has 1 aromatic rings. The van der Waals surface area contributed by atoms with Gasteiger partial charge in [-0.1, -0.05) is 12.1 Å². The molecule has 4 atom stereocenters. The highest BCUT2D eigenvalue weighted by atomic mass is 16.4. The maximum atomic E-state index is 13.3. The van der Waals surface area contributed by atoms with Crippen LogP contribution in [0, 0.1) is 0 Å². The Kier molecular flexibility index (Phi) is 8.34. The summed E-state index contributed by atoms with van der Waals surface area (Å²) >= 11 is 0. The van der Waals surface area contributed by atoms with E-state index in [0.717, 1.165) is 0 Å². The Hall–Kier alpha value is -3.18. The Morgan fingerprint density at radius 1 is 1.23 bits per heavy atom. The fourth-order valence-electron chi connectivity index (χ4n) is 3.34. The van der Waals surface area contributed by atoms with Crippen molar-refractivity contribution in [1.29, 1.82) is 0 Å². The van der Waals surface area contributed by atoms with E-state index in [9.17, 15) is 29.4 Å². The lowest BCUT2D eigenvalue weighted by molar-refractivity contribution is -0.143. The number of carboxylic acid groups (broad SMARTS) is 1. The Labute approximate surface area is 179 Å². The number of benzene rings is 1. The van der Waals surface area contributed by atoms with Gasteiger partial charge in [0.15, 0.2) is 0 Å². The number of hydrogen-bond donors (Lipinski definition) is 6. The number of aliphatic hydroxyl groups excluding tert-OH is 1. The maximum Gasteiger partial charge on any atom is 0.322 e. The molecule has 1 saturated heterocycles. The zero-order chi connectivity index (χ0) is 23.1. The van der Waals surface area contributed by atoms with Crippen molar-refractivity contribution in [2.45, 2.75) is 50.4 Å². The van der Waals surface area contributed by atoms with Crippen molar-refractivity contribution in [3.05, 3.63) is 29.8 Å². The summed E-state index contributed by atoms with van der Waals surface area (Å²) in [7, 11) is 0. The number of carbonyl (C=O) groups excluding carboxylic acids is 3. The fraction of sp³-hybridized carbons (Fsp3) is 0.500. The van der Waals surface area contributed by atoms with E-state index >= 15 is 0 Å². The molecule has 1 fully saturated rings. The minimum atomic E-state index is -1.25. The molecule has 1 heterocycles. The van der Waals surface area contributed by atoms with Crippen molar-refractivity contribution in [3.8, 4) is 5.75 Å². The Balaban J connectivity index is 2.20. The molecule has 7 N–H and O–H groups in total. The fourth-order valence-corrected chi connectivity index (χ4v) is 3.34. The predicted octanol–water partition coefficient (Wildman–Crippen LogP) is -1.68. The number of carboxylic acids is 1. The van der Waals surface area contributed by atoms with E-state index in [2.05, 4.69) is 10.6 Å². The molecule has 0 bridgehead atoms. The topological polar surface area (TPSA) is 182 Å². The summed E-state index contributed by atoms with van der Waals surface area (Å²) in [4.78, 5) is 50.1. The molecule has 170 valence electrons. The maximum absolute atomic E-state index is 13.3. The Morgan fingerprint density at radius 3 is 2.45 bits per heavy atom. The minimum Gasteiger partial charge on any atom is -0.508 e. The van der Waals surface area contributed by atoms with Gasteiger partial charge in [-0.05, 0) is 37.5 Å². The lowest BCUT2D eigenvalue weighted by Crippen LogP contribution is -2.57. The first-order valence-electron chi connectivity index (χ1n) is 9.92. The average Bonchev–Trinajstić information content (AvgIpc) is 3.21. The molecule has 0 aliphatic carbocycles. The summed E-state index contributed by atoms with van der Waals surface area (Å²) in [5.74, 6) is -2.98. The highest BCUT2D eigenvalue weighted by Gasteiger charge is 2.38. The molecule has 0 saturated carbocycles. The van der Waals surface area contributed by atoms with Crippen LogP contribution in [0.25, 0.3) is 0 Å². The normalized spacial score (nSPS) is 18.7. The standard InChI is InChI=1S/C20H28N4O7/c1-11(25)17(21)19(30)23-14(9-12-4-6-13(26)7-5-12)20(31)24-8-2-3-15(24)18(29)22-10-16(27)28/h4-7,11,14-15,17,25-26H,2-3,8-10,21H2,1H3,(H,22,29)(H,23,30)(H,27,28). The van der Waals surface area contributed by atoms with E-state index in [1.165, 1.54) is 24.0 Å². The zero-order valence-corrected chi connectivity index (χ0v) is 17.2. The van der Waals surface area contributed by atoms with Crippen LogP contribution in [0.3, 0.4) is 0 Å². The van der Waals surface area contributed by atoms with E-state index in [0.29, 0.717) is 18.4 Å². The van der Waals surface area contributed by atoms with Gasteiger partial charge in [-0.2, -0.15) is 0 Å². The van der Waals surface area contributed by atoms with Crippen LogP contribution in [0.2, 0.25) is 0 Å². The third-order valence-electron chi connectivity index (χ3n) is 5.07. The van der Waals surface area contributed by atoms with E-state index in [1.54, 1.807) is 12.1 Å². The molecule has 1 aromatic carbocycles. The smallest absolute Gasteiger partial charge is 0.322 e. The first-order valence-corrected chi connectivity index (χ1v) is 9.92. The summed E-state index contributed by atoms with van der Waals surface area (Å²) in [6, 6.07) is 2.90. The first kappa shape index (κ1) is 24.1. The number of rotatable bonds is 9. The molecule has 11 nitrogen and oxygen atoms in total. The predicted molar refractivity (Wildman–Crippen MR) is 109 cm³/mol. The number of amides is 3. The Morgan fingerprint density at radius 2 is 1.87 bits per heavy atom. The molecule has 1 aliphatic heterocycles. The second-order valence-electron chi connectivity index (χ2n) is 7.50. The highest BCUT2D eigenvalue weighted by Crippen LogP contribution is 2.20. The van der Waals surface area contributed by atoms with Gasteiger partial charge < -0.3 is 36.6 Å². The van der Waals surface area contributed by atoms with Crippen molar-refractivity contribution in [1.82, 2.24) is 15.5 Å². The summed E-state index contributed by atoms with van der Waals surface area (Å²) in [5.41, 5.74) is 6.33. The lowest BCUT2D eigenvalue weighted by Gasteiger charge is -2.29. The number of phenolic OH excluding ortho intramolecular Hbond substituents is 1. The molecule has 3 amide bonds. The number of hydrogen-bond acceptors (Lipinski definition) is 7. The number of nitrogens with two attached hydrogens (primary N) is 1. The number of carbonyl (C=O) groups is 4. The molecular weight excluding hydrogens is 408 g/mol. The van der Waals surface area contributed by atoms with Crippen molar-refractivity contribution < 1.29 is 34.5 Å². The average molecular weight is 436 g/mol. The molecule has 0 radical (unpaired) electrons. The van der Waals surface area contributed by atoms with Crippen molar-refractivity contribution in [2.24, 2.45) is 5.73 Å². The summed E-state index contributed by atoms with van der Waals surface area (Å²) in [5, 5.41) is 32.6. The molecular formula is C20H28N4O7. The van der Waals surface area contributed by atoms with E-state index in [4.69, 9.17) is 10.8 Å². The van der Waals surface area contributed by atoms with E-state index in [-0.39, 0.29) is 18.7 Å². The lowest BCUT2D eigenvalue weighted by atomic mass is 10.0. The van der Waals surface area contributed by atoms with Crippen molar-refractivity contribution >= 4 is 23.7 Å². The van der Waals surface area contributed by atoms with Gasteiger partial charge in [-0.15, -0.1) is 0 Å². The van der Waals surface area contributed by atoms with Crippen LogP contribution < -0.4 is 16.4 Å². The van der Waals surface area contributed by atoms with Crippen molar-refractivity contribution in [2.75, 3.05) is 13.1 Å². The van der Waals surface area contributed by atoms with E-state index in [1.807, 2.05) is 0 Å². The number of nitrogens with one attached hydrogen (secondary N) is 2. The minimum absolute atomic E-state index is 0.0431. The van der Waals surface area contributed by atoms with E-state index < -0.39 is 54.5 Å². The van der Waals surface area contributed by atoms with Gasteiger partial charge in [0.1, 0.15) is 30.4 Å². The SMILES string of the molecule is CC(O)C(N)C(=O)NC(Cc1ccc(O)cc1)C(=O)N1CCCC1C(=O)NCC(=O)O. The highest BCUT2D eigenvalue weighted by molar-refractivity contribution is 5.94. The molecule has 0 spiro atoms. The van der Waals surface area contributed by atoms with Crippen molar-refractivity contribution in [3.63, 3.8) is 0 Å². The van der Waals surface area contributed by atoms with Crippen LogP contribution in [0.5, 0.6) is 5.75 Å². The van der Waals surface area contributed by atoms with Gasteiger partial charge in [0.25, 0.3) is 0 Å². The van der Waals surface area contributed by atoms with Gasteiger partial charge in [0.05, 0.1) is 6.10 Å². The summed E-state index contributed by atoms with van der Waals surface area (Å²) in [6.07, 6.45) is -0.156. The number of aliphatic hydroxyl groups is 1. The van der Waals surface area contributed by atoms with Crippen LogP contribution >= 0.6 is 0 Å². The third kappa shape index (κ3) is 6.66. The molecule has 2 rings (SSSR count). The number of nitrogens with zero attached hydrogens (tertiary/aromatic N) is 1. The van der Waals surface area contributed by atoms with Gasteiger partial charge in [-0.3, -0.25) is 19.2 Å².